The summed E-state index contributed by atoms with van der Waals surface area (Å²) in [4.78, 5) is 34.2. The number of halogens is 3. The molecule has 5 aromatic rings. The normalized spacial score (nSPS) is 11.3. The Morgan fingerprint density at radius 1 is 0.923 bits per heavy atom. The van der Waals surface area contributed by atoms with E-state index in [2.05, 4.69) is 35.6 Å². The summed E-state index contributed by atoms with van der Waals surface area (Å²) < 4.78 is 45.2. The van der Waals surface area contributed by atoms with Crippen molar-refractivity contribution < 1.29 is 22.7 Å². The molecule has 0 aliphatic carbocycles. The minimum atomic E-state index is -4.53. The minimum Gasteiger partial charge on any atom is -0.436 e. The summed E-state index contributed by atoms with van der Waals surface area (Å²) in [6.45, 7) is 1.94. The molecule has 196 valence electrons. The lowest BCUT2D eigenvalue weighted by atomic mass is 10.1. The topological polar surface area (TPSA) is 115 Å². The molecular weight excluding hydrogens is 511 g/mol. The van der Waals surface area contributed by atoms with Crippen molar-refractivity contribution in [1.29, 1.82) is 0 Å². The number of benzene rings is 2. The predicted octanol–water partition coefficient (Wildman–Crippen LogP) is 6.50. The molecule has 3 aromatic heterocycles. The van der Waals surface area contributed by atoms with E-state index in [0.29, 0.717) is 46.0 Å². The number of aryl methyl sites for hydroxylation is 1. The summed E-state index contributed by atoms with van der Waals surface area (Å²) in [5, 5.41) is 5.63. The lowest BCUT2D eigenvalue weighted by molar-refractivity contribution is -0.137. The molecule has 39 heavy (non-hydrogen) atoms. The van der Waals surface area contributed by atoms with Gasteiger partial charge in [-0.1, -0.05) is 13.0 Å². The van der Waals surface area contributed by atoms with Crippen molar-refractivity contribution in [3.05, 3.63) is 90.8 Å². The van der Waals surface area contributed by atoms with E-state index in [9.17, 15) is 18.0 Å². The number of aromatic nitrogens is 5. The van der Waals surface area contributed by atoms with Crippen LogP contribution in [0.3, 0.4) is 0 Å². The van der Waals surface area contributed by atoms with E-state index in [1.54, 1.807) is 48.8 Å². The van der Waals surface area contributed by atoms with E-state index in [0.717, 1.165) is 12.1 Å². The monoisotopic (exact) mass is 531 g/mol. The Labute approximate surface area is 220 Å². The van der Waals surface area contributed by atoms with Crippen LogP contribution in [0, 0.1) is 0 Å². The third kappa shape index (κ3) is 5.74. The maximum absolute atomic E-state index is 13.0. The number of pyridine rings is 2. The second-order valence-electron chi connectivity index (χ2n) is 8.21. The molecule has 0 spiro atoms. The molecule has 0 unspecified atom stereocenters. The van der Waals surface area contributed by atoms with Crippen molar-refractivity contribution in [2.75, 3.05) is 10.6 Å². The second-order valence-corrected chi connectivity index (χ2v) is 8.21. The van der Waals surface area contributed by atoms with E-state index < -0.39 is 17.8 Å². The summed E-state index contributed by atoms with van der Waals surface area (Å²) in [7, 11) is 0. The van der Waals surface area contributed by atoms with Gasteiger partial charge in [0, 0.05) is 29.9 Å². The Kier molecular flexibility index (Phi) is 7.00. The van der Waals surface area contributed by atoms with Crippen LogP contribution in [0.2, 0.25) is 0 Å². The Balaban J connectivity index is 1.42. The second kappa shape index (κ2) is 10.7. The number of rotatable bonds is 6. The third-order valence-electron chi connectivity index (χ3n) is 5.59. The first kappa shape index (κ1) is 25.5. The van der Waals surface area contributed by atoms with Crippen molar-refractivity contribution in [2.24, 2.45) is 0 Å². The number of anilines is 2. The zero-order valence-electron chi connectivity index (χ0n) is 20.4. The number of amides is 2. The highest BCUT2D eigenvalue weighted by Crippen LogP contribution is 2.36. The highest BCUT2D eigenvalue weighted by Gasteiger charge is 2.30. The van der Waals surface area contributed by atoms with Gasteiger partial charge >= 0.3 is 12.2 Å². The van der Waals surface area contributed by atoms with Gasteiger partial charge in [0.1, 0.15) is 17.7 Å². The van der Waals surface area contributed by atoms with Crippen molar-refractivity contribution in [3.8, 4) is 23.0 Å². The molecule has 3 heterocycles. The van der Waals surface area contributed by atoms with Gasteiger partial charge in [0.15, 0.2) is 11.6 Å². The van der Waals surface area contributed by atoms with Gasteiger partial charge in [-0.15, -0.1) is 0 Å². The van der Waals surface area contributed by atoms with Gasteiger partial charge < -0.3 is 15.4 Å². The minimum absolute atomic E-state index is 0.00282. The summed E-state index contributed by atoms with van der Waals surface area (Å²) in [6, 6.07) is 13.8. The molecule has 0 fully saturated rings. The van der Waals surface area contributed by atoms with Crippen LogP contribution in [0.4, 0.5) is 29.3 Å². The van der Waals surface area contributed by atoms with Crippen molar-refractivity contribution in [2.45, 2.75) is 19.5 Å². The third-order valence-corrected chi connectivity index (χ3v) is 5.59. The van der Waals surface area contributed by atoms with Crippen LogP contribution in [0.5, 0.6) is 11.6 Å². The number of carbonyl (C=O) groups is 1. The summed E-state index contributed by atoms with van der Waals surface area (Å²) in [5.74, 6) is 1.65. The Morgan fingerprint density at radius 2 is 1.74 bits per heavy atom. The van der Waals surface area contributed by atoms with Crippen LogP contribution in [-0.2, 0) is 12.6 Å². The number of ether oxygens (including phenoxy) is 1. The number of nitrogens with zero attached hydrogens (tertiary/aromatic N) is 5. The zero-order chi connectivity index (χ0) is 27.4. The van der Waals surface area contributed by atoms with E-state index in [4.69, 9.17) is 4.74 Å². The number of alkyl halides is 3. The molecule has 0 saturated heterocycles. The maximum atomic E-state index is 13.0. The number of hydrogen-bond acceptors (Lipinski definition) is 7. The van der Waals surface area contributed by atoms with Crippen molar-refractivity contribution in [1.82, 2.24) is 24.9 Å². The van der Waals surface area contributed by atoms with Gasteiger partial charge in [0.25, 0.3) is 0 Å². The largest absolute Gasteiger partial charge is 0.436 e. The summed E-state index contributed by atoms with van der Waals surface area (Å²) in [6.07, 6.45) is 0.683. The fourth-order valence-corrected chi connectivity index (χ4v) is 3.77. The molecule has 0 saturated carbocycles. The standard InChI is InChI=1S/C27H20F3N7O2/c1-2-22-33-15-34-24(37-22)19-9-5-13-32-25(19)39-21-11-10-20(18-8-4-12-31-23(18)21)36-26(38)35-17-7-3-6-16(14-17)27(28,29)30/h3-15H,2H2,1H3,(H2,35,36,38). The van der Waals surface area contributed by atoms with Gasteiger partial charge in [-0.3, -0.25) is 4.98 Å². The van der Waals surface area contributed by atoms with Crippen LogP contribution >= 0.6 is 0 Å². The summed E-state index contributed by atoms with van der Waals surface area (Å²) in [5.41, 5.74) is 0.490. The van der Waals surface area contributed by atoms with Gasteiger partial charge in [-0.25, -0.2) is 24.7 Å². The van der Waals surface area contributed by atoms with Gasteiger partial charge in [0.05, 0.1) is 16.8 Å². The maximum Gasteiger partial charge on any atom is 0.416 e. The highest BCUT2D eigenvalue weighted by molar-refractivity contribution is 6.06. The number of carbonyl (C=O) groups excluding carboxylic acids is 1. The first-order valence-corrected chi connectivity index (χ1v) is 11.8. The molecule has 0 radical (unpaired) electrons. The fraction of sp³-hybridized carbons (Fsp3) is 0.111. The number of urea groups is 1. The SMILES string of the molecule is CCc1ncnc(-c2cccnc2Oc2ccc(NC(=O)Nc3cccc(C(F)(F)F)c3)c3cccnc23)n1. The van der Waals surface area contributed by atoms with Crippen LogP contribution in [-0.4, -0.2) is 31.0 Å². The quantitative estimate of drug-likeness (QED) is 0.257. The highest BCUT2D eigenvalue weighted by atomic mass is 19.4. The molecule has 0 bridgehead atoms. The average Bonchev–Trinajstić information content (AvgIpc) is 2.94. The Bertz CT molecular complexity index is 1660. The molecule has 9 nitrogen and oxygen atoms in total. The van der Waals surface area contributed by atoms with Crippen LogP contribution in [0.1, 0.15) is 18.3 Å². The van der Waals surface area contributed by atoms with Gasteiger partial charge in [0.2, 0.25) is 5.88 Å². The fourth-order valence-electron chi connectivity index (χ4n) is 3.77. The van der Waals surface area contributed by atoms with Crippen LogP contribution in [0.25, 0.3) is 22.3 Å². The van der Waals surface area contributed by atoms with Crippen molar-refractivity contribution >= 4 is 28.3 Å². The molecular formula is C27H20F3N7O2. The molecule has 2 N–H and O–H groups in total. The molecule has 12 heteroatoms. The molecule has 2 aromatic carbocycles. The molecule has 0 aliphatic heterocycles. The lowest BCUT2D eigenvalue weighted by Gasteiger charge is -2.14. The lowest BCUT2D eigenvalue weighted by Crippen LogP contribution is -2.20. The number of hydrogen-bond donors (Lipinski definition) is 2. The molecule has 0 atom stereocenters. The Hall–Kier alpha value is -5.13. The molecule has 5 rings (SSSR count). The zero-order valence-corrected chi connectivity index (χ0v) is 20.4. The number of nitrogens with one attached hydrogen (secondary N) is 2. The first-order valence-electron chi connectivity index (χ1n) is 11.8. The van der Waals surface area contributed by atoms with E-state index >= 15 is 0 Å². The van der Waals surface area contributed by atoms with Crippen molar-refractivity contribution in [3.63, 3.8) is 0 Å². The van der Waals surface area contributed by atoms with E-state index in [1.165, 1.54) is 18.5 Å². The molecule has 0 aliphatic rings. The Morgan fingerprint density at radius 3 is 2.56 bits per heavy atom. The van der Waals surface area contributed by atoms with E-state index in [1.807, 2.05) is 6.92 Å². The van der Waals surface area contributed by atoms with Crippen LogP contribution in [0.15, 0.2) is 79.4 Å². The first-order chi connectivity index (χ1) is 18.8. The number of fused-ring (bicyclic) bond motifs is 1. The van der Waals surface area contributed by atoms with E-state index in [-0.39, 0.29) is 11.6 Å². The molecule has 2 amide bonds. The smallest absolute Gasteiger partial charge is 0.416 e. The van der Waals surface area contributed by atoms with Gasteiger partial charge in [-0.05, 0) is 54.6 Å². The van der Waals surface area contributed by atoms with Crippen LogP contribution < -0.4 is 15.4 Å². The predicted molar refractivity (Wildman–Crippen MR) is 138 cm³/mol. The average molecular weight is 531 g/mol. The van der Waals surface area contributed by atoms with Gasteiger partial charge in [-0.2, -0.15) is 13.2 Å². The summed E-state index contributed by atoms with van der Waals surface area (Å²) >= 11 is 0.